The second-order valence-electron chi connectivity index (χ2n) is 6.28. The number of nitrogens with zero attached hydrogens (tertiary/aromatic N) is 3. The average Bonchev–Trinajstić information content (AvgIpc) is 3.14. The summed E-state index contributed by atoms with van der Waals surface area (Å²) in [5.74, 6) is 0.411. The van der Waals surface area contributed by atoms with Crippen molar-refractivity contribution in [2.24, 2.45) is 0 Å². The summed E-state index contributed by atoms with van der Waals surface area (Å²) in [7, 11) is -3.65. The van der Waals surface area contributed by atoms with Gasteiger partial charge in [-0.2, -0.15) is 4.31 Å². The van der Waals surface area contributed by atoms with E-state index in [1.165, 1.54) is 33.8 Å². The van der Waals surface area contributed by atoms with Crippen molar-refractivity contribution < 1.29 is 13.2 Å². The van der Waals surface area contributed by atoms with E-state index in [4.69, 9.17) is 11.6 Å². The molecule has 1 N–H and O–H groups in total. The zero-order chi connectivity index (χ0) is 20.1. The highest BCUT2D eigenvalue weighted by molar-refractivity contribution is 8.01. The molecule has 0 spiro atoms. The molecular weight excluding hydrogens is 440 g/mol. The van der Waals surface area contributed by atoms with Gasteiger partial charge in [0, 0.05) is 18.8 Å². The predicted octanol–water partition coefficient (Wildman–Crippen LogP) is 4.12. The van der Waals surface area contributed by atoms with Gasteiger partial charge in [-0.1, -0.05) is 48.0 Å². The van der Waals surface area contributed by atoms with Crippen LogP contribution in [0.3, 0.4) is 0 Å². The number of amides is 1. The lowest BCUT2D eigenvalue weighted by atomic mass is 10.2. The van der Waals surface area contributed by atoms with Crippen LogP contribution in [0.5, 0.6) is 0 Å². The Morgan fingerprint density at radius 2 is 2.04 bits per heavy atom. The van der Waals surface area contributed by atoms with Crippen molar-refractivity contribution in [2.75, 3.05) is 24.2 Å². The van der Waals surface area contributed by atoms with Gasteiger partial charge in [-0.3, -0.25) is 10.1 Å². The molecule has 1 aliphatic rings. The number of nitrogens with one attached hydrogen (secondary N) is 1. The molecule has 7 nitrogen and oxygen atoms in total. The number of carbonyl (C=O) groups excluding carboxylic acids is 1. The molecule has 1 aromatic heterocycles. The fourth-order valence-electron chi connectivity index (χ4n) is 2.77. The molecule has 2 aromatic rings. The Bertz CT molecular complexity index is 943. The van der Waals surface area contributed by atoms with Crippen molar-refractivity contribution in [3.05, 3.63) is 28.8 Å². The van der Waals surface area contributed by atoms with Gasteiger partial charge in [0.2, 0.25) is 15.2 Å². The third-order valence-electron chi connectivity index (χ3n) is 4.19. The van der Waals surface area contributed by atoms with Gasteiger partial charge in [-0.25, -0.2) is 8.42 Å². The first-order valence-electron chi connectivity index (χ1n) is 8.99. The quantitative estimate of drug-likeness (QED) is 0.493. The molecule has 0 unspecified atom stereocenters. The number of halogens is 1. The zero-order valence-electron chi connectivity index (χ0n) is 15.4. The van der Waals surface area contributed by atoms with Gasteiger partial charge in [0.15, 0.2) is 4.34 Å². The number of sulfonamides is 1. The van der Waals surface area contributed by atoms with Crippen molar-refractivity contribution >= 4 is 55.8 Å². The highest BCUT2D eigenvalue weighted by Gasteiger charge is 2.27. The number of rotatable bonds is 7. The molecule has 11 heteroatoms. The minimum atomic E-state index is -3.65. The van der Waals surface area contributed by atoms with E-state index in [2.05, 4.69) is 22.4 Å². The molecule has 0 saturated carbocycles. The Balaban J connectivity index is 1.79. The van der Waals surface area contributed by atoms with Crippen LogP contribution in [0, 0.1) is 0 Å². The first-order chi connectivity index (χ1) is 13.4. The molecule has 1 saturated heterocycles. The maximum absolute atomic E-state index is 12.9. The number of hydrogen-bond acceptors (Lipinski definition) is 7. The Morgan fingerprint density at radius 1 is 1.29 bits per heavy atom. The van der Waals surface area contributed by atoms with Crippen molar-refractivity contribution in [2.45, 2.75) is 41.8 Å². The summed E-state index contributed by atoms with van der Waals surface area (Å²) in [5.41, 5.74) is 0.0951. The standard InChI is InChI=1S/C17H21ClN4O3S3/c1-2-10-26-17-21-20-16(27-17)19-15(23)13-11-12(6-7-14(13)18)28(24,25)22-8-4-3-5-9-22/h6-7,11H,2-5,8-10H2,1H3,(H,19,20,23). The summed E-state index contributed by atoms with van der Waals surface area (Å²) in [6.07, 6.45) is 3.73. The maximum Gasteiger partial charge on any atom is 0.259 e. The topological polar surface area (TPSA) is 92.3 Å². The van der Waals surface area contributed by atoms with E-state index in [1.807, 2.05) is 0 Å². The second-order valence-corrected chi connectivity index (χ2v) is 10.9. The molecule has 0 radical (unpaired) electrons. The van der Waals surface area contributed by atoms with Crippen LogP contribution in [-0.2, 0) is 10.0 Å². The summed E-state index contributed by atoms with van der Waals surface area (Å²) >= 11 is 9.01. The highest BCUT2D eigenvalue weighted by atomic mass is 35.5. The van der Waals surface area contributed by atoms with Crippen molar-refractivity contribution in [3.63, 3.8) is 0 Å². The van der Waals surface area contributed by atoms with Gasteiger partial charge >= 0.3 is 0 Å². The lowest BCUT2D eigenvalue weighted by molar-refractivity contribution is 0.102. The van der Waals surface area contributed by atoms with Crippen molar-refractivity contribution in [1.82, 2.24) is 14.5 Å². The van der Waals surface area contributed by atoms with Crippen molar-refractivity contribution in [1.29, 1.82) is 0 Å². The van der Waals surface area contributed by atoms with E-state index in [9.17, 15) is 13.2 Å². The summed E-state index contributed by atoms with van der Waals surface area (Å²) in [5, 5.41) is 11.2. The summed E-state index contributed by atoms with van der Waals surface area (Å²) in [6.45, 7) is 3.06. The Morgan fingerprint density at radius 3 is 2.75 bits per heavy atom. The van der Waals surface area contributed by atoms with E-state index < -0.39 is 15.9 Å². The Labute approximate surface area is 177 Å². The molecule has 2 heterocycles. The first-order valence-corrected chi connectivity index (χ1v) is 12.6. The minimum Gasteiger partial charge on any atom is -0.296 e. The van der Waals surface area contributed by atoms with Crippen LogP contribution < -0.4 is 5.32 Å². The first kappa shape index (κ1) is 21.5. The number of carbonyl (C=O) groups is 1. The maximum atomic E-state index is 12.9. The van der Waals surface area contributed by atoms with Gasteiger partial charge in [0.25, 0.3) is 5.91 Å². The molecule has 28 heavy (non-hydrogen) atoms. The molecule has 3 rings (SSSR count). The smallest absolute Gasteiger partial charge is 0.259 e. The number of hydrogen-bond donors (Lipinski definition) is 1. The third-order valence-corrected chi connectivity index (χ3v) is 8.59. The van der Waals surface area contributed by atoms with Crippen LogP contribution in [-0.4, -0.2) is 47.7 Å². The molecule has 0 bridgehead atoms. The van der Waals surface area contributed by atoms with Gasteiger partial charge in [-0.05, 0) is 37.5 Å². The van der Waals surface area contributed by atoms with Gasteiger partial charge in [-0.15, -0.1) is 10.2 Å². The van der Waals surface area contributed by atoms with Crippen LogP contribution >= 0.6 is 34.7 Å². The molecule has 1 amide bonds. The molecule has 152 valence electrons. The van der Waals surface area contributed by atoms with Crippen LogP contribution in [0.25, 0.3) is 0 Å². The second kappa shape index (κ2) is 9.53. The minimum absolute atomic E-state index is 0.0698. The number of piperidine rings is 1. The number of benzene rings is 1. The lowest BCUT2D eigenvalue weighted by Crippen LogP contribution is -2.35. The monoisotopic (exact) mass is 460 g/mol. The van der Waals surface area contributed by atoms with E-state index in [0.29, 0.717) is 18.2 Å². The Hall–Kier alpha value is -1.20. The SMILES string of the molecule is CCCSc1nnc(NC(=O)c2cc(S(=O)(=O)N3CCCCC3)ccc2Cl)s1. The van der Waals surface area contributed by atoms with Gasteiger partial charge in [0.05, 0.1) is 15.5 Å². The van der Waals surface area contributed by atoms with Crippen LogP contribution in [0.2, 0.25) is 5.02 Å². The third kappa shape index (κ3) is 5.04. The van der Waals surface area contributed by atoms with Crippen molar-refractivity contribution in [3.8, 4) is 0 Å². The van der Waals surface area contributed by atoms with Gasteiger partial charge in [0.1, 0.15) is 0 Å². The number of aromatic nitrogens is 2. The molecule has 1 aromatic carbocycles. The fraction of sp³-hybridized carbons (Fsp3) is 0.471. The van der Waals surface area contributed by atoms with E-state index in [0.717, 1.165) is 35.8 Å². The van der Waals surface area contributed by atoms with E-state index in [1.54, 1.807) is 11.8 Å². The lowest BCUT2D eigenvalue weighted by Gasteiger charge is -2.26. The average molecular weight is 461 g/mol. The molecule has 1 fully saturated rings. The zero-order valence-corrected chi connectivity index (χ0v) is 18.6. The normalized spacial score (nSPS) is 15.5. The molecular formula is C17H21ClN4O3S3. The summed E-state index contributed by atoms with van der Waals surface area (Å²) in [4.78, 5) is 12.7. The number of anilines is 1. The van der Waals surface area contributed by atoms with Gasteiger partial charge < -0.3 is 0 Å². The number of thioether (sulfide) groups is 1. The summed E-state index contributed by atoms with van der Waals surface area (Å²) in [6, 6.07) is 4.21. The van der Waals surface area contributed by atoms with Crippen LogP contribution in [0.15, 0.2) is 27.4 Å². The van der Waals surface area contributed by atoms with Crippen LogP contribution in [0.1, 0.15) is 43.0 Å². The van der Waals surface area contributed by atoms with E-state index in [-0.39, 0.29) is 15.5 Å². The predicted molar refractivity (Wildman–Crippen MR) is 113 cm³/mol. The molecule has 1 aliphatic heterocycles. The van der Waals surface area contributed by atoms with Crippen LogP contribution in [0.4, 0.5) is 5.13 Å². The highest BCUT2D eigenvalue weighted by Crippen LogP contribution is 2.28. The Kier molecular flexibility index (Phi) is 7.32. The van der Waals surface area contributed by atoms with E-state index >= 15 is 0 Å². The summed E-state index contributed by atoms with van der Waals surface area (Å²) < 4.78 is 28.0. The fourth-order valence-corrected chi connectivity index (χ4v) is 6.19. The molecule has 0 aliphatic carbocycles. The largest absolute Gasteiger partial charge is 0.296 e. The molecule has 0 atom stereocenters.